The lowest BCUT2D eigenvalue weighted by Crippen LogP contribution is -2.21. The van der Waals surface area contributed by atoms with E-state index in [-0.39, 0.29) is 12.3 Å². The lowest BCUT2D eigenvalue weighted by Gasteiger charge is -2.08. The molecular weight excluding hydrogens is 374 g/mol. The first-order valence-corrected chi connectivity index (χ1v) is 7.94. The molecule has 2 aromatic carbocycles. The Balaban J connectivity index is 1.84. The predicted octanol–water partition coefficient (Wildman–Crippen LogP) is 3.37. The minimum atomic E-state index is -0.420. The van der Waals surface area contributed by atoms with Gasteiger partial charge in [-0.1, -0.05) is 15.9 Å². The fourth-order valence-electron chi connectivity index (χ4n) is 1.93. The number of nitrogens with one attached hydrogen (secondary N) is 3. The third-order valence-electron chi connectivity index (χ3n) is 2.94. The number of hydrogen-bond acceptors (Lipinski definition) is 3. The molecule has 0 bridgehead atoms. The van der Waals surface area contributed by atoms with Crippen LogP contribution in [0.4, 0.5) is 17.1 Å². The van der Waals surface area contributed by atoms with Crippen LogP contribution in [0.1, 0.15) is 13.3 Å². The highest BCUT2D eigenvalue weighted by Crippen LogP contribution is 2.15. The molecule has 0 aliphatic rings. The molecule has 24 heavy (non-hydrogen) atoms. The van der Waals surface area contributed by atoms with Crippen LogP contribution in [-0.4, -0.2) is 17.7 Å². The van der Waals surface area contributed by atoms with Gasteiger partial charge in [0.15, 0.2) is 0 Å². The summed E-state index contributed by atoms with van der Waals surface area (Å²) >= 11 is 3.31. The first kappa shape index (κ1) is 17.7. The van der Waals surface area contributed by atoms with E-state index in [4.69, 9.17) is 0 Å². The number of carbonyl (C=O) groups excluding carboxylic acids is 3. The molecule has 0 heterocycles. The number of anilines is 3. The topological polar surface area (TPSA) is 87.3 Å². The van der Waals surface area contributed by atoms with Gasteiger partial charge in [0.2, 0.25) is 17.7 Å². The Morgan fingerprint density at radius 2 is 1.12 bits per heavy atom. The van der Waals surface area contributed by atoms with Crippen molar-refractivity contribution in [3.05, 3.63) is 53.0 Å². The third-order valence-corrected chi connectivity index (χ3v) is 3.47. The molecule has 0 atom stereocenters. The summed E-state index contributed by atoms with van der Waals surface area (Å²) in [5, 5.41) is 7.91. The molecule has 0 fully saturated rings. The Morgan fingerprint density at radius 3 is 1.54 bits per heavy atom. The Bertz CT molecular complexity index is 743. The molecule has 3 amide bonds. The van der Waals surface area contributed by atoms with Gasteiger partial charge in [-0.15, -0.1) is 0 Å². The maximum atomic E-state index is 11.9. The zero-order valence-corrected chi connectivity index (χ0v) is 14.5. The van der Waals surface area contributed by atoms with Crippen molar-refractivity contribution in [2.75, 3.05) is 16.0 Å². The lowest BCUT2D eigenvalue weighted by molar-refractivity contribution is -0.123. The highest BCUT2D eigenvalue weighted by Gasteiger charge is 2.10. The molecular formula is C17H16BrN3O3. The Labute approximate surface area is 147 Å². The van der Waals surface area contributed by atoms with Crippen LogP contribution < -0.4 is 16.0 Å². The molecule has 0 radical (unpaired) electrons. The molecule has 6 nitrogen and oxygen atoms in total. The number of benzene rings is 2. The number of rotatable bonds is 5. The molecule has 124 valence electrons. The van der Waals surface area contributed by atoms with Crippen LogP contribution in [0.15, 0.2) is 53.0 Å². The summed E-state index contributed by atoms with van der Waals surface area (Å²) in [6, 6.07) is 13.7. The van der Waals surface area contributed by atoms with Gasteiger partial charge < -0.3 is 16.0 Å². The minimum Gasteiger partial charge on any atom is -0.326 e. The molecule has 2 rings (SSSR count). The van der Waals surface area contributed by atoms with Gasteiger partial charge >= 0.3 is 0 Å². The van der Waals surface area contributed by atoms with Crippen LogP contribution in [0.5, 0.6) is 0 Å². The highest BCUT2D eigenvalue weighted by atomic mass is 79.9. The van der Waals surface area contributed by atoms with Crippen molar-refractivity contribution >= 4 is 50.7 Å². The van der Waals surface area contributed by atoms with E-state index in [1.807, 2.05) is 0 Å². The van der Waals surface area contributed by atoms with Gasteiger partial charge in [-0.3, -0.25) is 14.4 Å². The smallest absolute Gasteiger partial charge is 0.233 e. The van der Waals surface area contributed by atoms with Crippen LogP contribution in [0.25, 0.3) is 0 Å². The first-order chi connectivity index (χ1) is 11.4. The summed E-state index contributed by atoms with van der Waals surface area (Å²) in [5.74, 6) is -0.988. The SMILES string of the molecule is CC(=O)Nc1ccc(NC(=O)CC(=O)Nc2ccc(Br)cc2)cc1. The summed E-state index contributed by atoms with van der Waals surface area (Å²) in [4.78, 5) is 34.7. The summed E-state index contributed by atoms with van der Waals surface area (Å²) in [6.07, 6.45) is -0.288. The minimum absolute atomic E-state index is 0.170. The molecule has 0 aromatic heterocycles. The molecule has 0 unspecified atom stereocenters. The second-order valence-electron chi connectivity index (χ2n) is 5.04. The number of amides is 3. The molecule has 0 aliphatic heterocycles. The molecule has 0 saturated heterocycles. The van der Waals surface area contributed by atoms with Gasteiger partial charge in [0.25, 0.3) is 0 Å². The van der Waals surface area contributed by atoms with E-state index >= 15 is 0 Å². The average Bonchev–Trinajstić information content (AvgIpc) is 2.51. The van der Waals surface area contributed by atoms with Gasteiger partial charge in [0.1, 0.15) is 6.42 Å². The summed E-state index contributed by atoms with van der Waals surface area (Å²) in [5.41, 5.74) is 1.80. The van der Waals surface area contributed by atoms with Gasteiger partial charge in [0, 0.05) is 28.5 Å². The summed E-state index contributed by atoms with van der Waals surface area (Å²) in [7, 11) is 0. The van der Waals surface area contributed by atoms with Gasteiger partial charge in [0.05, 0.1) is 0 Å². The normalized spacial score (nSPS) is 9.92. The third kappa shape index (κ3) is 5.85. The Kier molecular flexibility index (Phi) is 6.08. The van der Waals surface area contributed by atoms with Crippen molar-refractivity contribution in [1.82, 2.24) is 0 Å². The monoisotopic (exact) mass is 389 g/mol. The predicted molar refractivity (Wildman–Crippen MR) is 96.8 cm³/mol. The van der Waals surface area contributed by atoms with Crippen LogP contribution in [-0.2, 0) is 14.4 Å². The van der Waals surface area contributed by atoms with Crippen molar-refractivity contribution in [1.29, 1.82) is 0 Å². The fraction of sp³-hybridized carbons (Fsp3) is 0.118. The Hall–Kier alpha value is -2.67. The van der Waals surface area contributed by atoms with E-state index in [0.29, 0.717) is 17.1 Å². The molecule has 2 aromatic rings. The first-order valence-electron chi connectivity index (χ1n) is 7.15. The fourth-order valence-corrected chi connectivity index (χ4v) is 2.19. The van der Waals surface area contributed by atoms with E-state index in [1.54, 1.807) is 48.5 Å². The Morgan fingerprint density at radius 1 is 0.750 bits per heavy atom. The number of carbonyl (C=O) groups is 3. The van der Waals surface area contributed by atoms with Crippen LogP contribution in [0, 0.1) is 0 Å². The summed E-state index contributed by atoms with van der Waals surface area (Å²) < 4.78 is 0.904. The van der Waals surface area contributed by atoms with Gasteiger partial charge in [-0.05, 0) is 48.5 Å². The quantitative estimate of drug-likeness (QED) is 0.684. The zero-order valence-electron chi connectivity index (χ0n) is 12.9. The zero-order chi connectivity index (χ0) is 17.5. The maximum absolute atomic E-state index is 11.9. The maximum Gasteiger partial charge on any atom is 0.233 e. The molecule has 3 N–H and O–H groups in total. The summed E-state index contributed by atoms with van der Waals surface area (Å²) in [6.45, 7) is 1.42. The van der Waals surface area contributed by atoms with Crippen molar-refractivity contribution in [2.24, 2.45) is 0 Å². The van der Waals surface area contributed by atoms with E-state index in [2.05, 4.69) is 31.9 Å². The average molecular weight is 390 g/mol. The number of halogens is 1. The van der Waals surface area contributed by atoms with Crippen molar-refractivity contribution < 1.29 is 14.4 Å². The molecule has 0 spiro atoms. The second-order valence-corrected chi connectivity index (χ2v) is 5.95. The molecule has 0 saturated carbocycles. The van der Waals surface area contributed by atoms with E-state index in [0.717, 1.165) is 4.47 Å². The number of hydrogen-bond donors (Lipinski definition) is 3. The van der Waals surface area contributed by atoms with E-state index < -0.39 is 11.8 Å². The highest BCUT2D eigenvalue weighted by molar-refractivity contribution is 9.10. The molecule has 0 aliphatic carbocycles. The van der Waals surface area contributed by atoms with Gasteiger partial charge in [-0.2, -0.15) is 0 Å². The van der Waals surface area contributed by atoms with Crippen molar-refractivity contribution in [2.45, 2.75) is 13.3 Å². The van der Waals surface area contributed by atoms with Gasteiger partial charge in [-0.25, -0.2) is 0 Å². The standard InChI is InChI=1S/C17H16BrN3O3/c1-11(22)19-13-6-8-15(9-7-13)21-17(24)10-16(23)20-14-4-2-12(18)3-5-14/h2-9H,10H2,1H3,(H,19,22)(H,20,23)(H,21,24). The van der Waals surface area contributed by atoms with Crippen LogP contribution in [0.3, 0.4) is 0 Å². The molecule has 7 heteroatoms. The largest absolute Gasteiger partial charge is 0.326 e. The van der Waals surface area contributed by atoms with Crippen LogP contribution >= 0.6 is 15.9 Å². The second kappa shape index (κ2) is 8.26. The van der Waals surface area contributed by atoms with E-state index in [9.17, 15) is 14.4 Å². The van der Waals surface area contributed by atoms with Crippen LogP contribution in [0.2, 0.25) is 0 Å². The van der Waals surface area contributed by atoms with E-state index in [1.165, 1.54) is 6.92 Å². The van der Waals surface area contributed by atoms with Crippen molar-refractivity contribution in [3.63, 3.8) is 0 Å². The van der Waals surface area contributed by atoms with Crippen molar-refractivity contribution in [3.8, 4) is 0 Å². The lowest BCUT2D eigenvalue weighted by atomic mass is 10.2.